The zero-order valence-electron chi connectivity index (χ0n) is 18.4. The SMILES string of the molecule is CC1CCN(C(=O)Cn2c(=O)oc3cc(S(=O)(=O)N4CC(C)CC(C)C4)ccc32)CC1. The highest BCUT2D eigenvalue weighted by Crippen LogP contribution is 2.28. The first-order valence-corrected chi connectivity index (χ1v) is 12.5. The van der Waals surface area contributed by atoms with Gasteiger partial charge < -0.3 is 9.32 Å². The first kappa shape index (κ1) is 22.1. The molecule has 2 unspecified atom stereocenters. The van der Waals surface area contributed by atoms with Gasteiger partial charge >= 0.3 is 5.76 Å². The topological polar surface area (TPSA) is 92.8 Å². The molecule has 1 amide bonds. The Morgan fingerprint density at radius 2 is 1.71 bits per heavy atom. The van der Waals surface area contributed by atoms with Crippen LogP contribution < -0.4 is 5.76 Å². The minimum atomic E-state index is -3.68. The van der Waals surface area contributed by atoms with Gasteiger partial charge in [-0.1, -0.05) is 20.8 Å². The van der Waals surface area contributed by atoms with E-state index in [-0.39, 0.29) is 22.9 Å². The number of piperidine rings is 2. The van der Waals surface area contributed by atoms with Gasteiger partial charge in [0.25, 0.3) is 0 Å². The molecule has 1 aromatic carbocycles. The normalized spacial score (nSPS) is 24.0. The second-order valence-corrected chi connectivity index (χ2v) is 11.4. The third-order valence-electron chi connectivity index (χ3n) is 6.54. The van der Waals surface area contributed by atoms with Crippen LogP contribution in [-0.2, 0) is 21.4 Å². The standard InChI is InChI=1S/C22H31N3O5S/c1-15-6-8-23(9-7-15)21(26)14-25-19-5-4-18(11-20(19)30-22(25)27)31(28,29)24-12-16(2)10-17(3)13-24/h4-5,11,15-17H,6-10,12-14H2,1-3H3. The maximum absolute atomic E-state index is 13.2. The molecule has 2 saturated heterocycles. The molecule has 2 aromatic rings. The Bertz CT molecular complexity index is 1120. The fourth-order valence-corrected chi connectivity index (χ4v) is 6.50. The summed E-state index contributed by atoms with van der Waals surface area (Å²) in [6.07, 6.45) is 2.93. The molecule has 9 heteroatoms. The van der Waals surface area contributed by atoms with Gasteiger partial charge in [0.1, 0.15) is 6.54 Å². The van der Waals surface area contributed by atoms with Gasteiger partial charge in [0.05, 0.1) is 10.4 Å². The molecule has 2 fully saturated rings. The lowest BCUT2D eigenvalue weighted by molar-refractivity contribution is -0.133. The number of hydrogen-bond donors (Lipinski definition) is 0. The zero-order chi connectivity index (χ0) is 22.3. The summed E-state index contributed by atoms with van der Waals surface area (Å²) in [7, 11) is -3.68. The van der Waals surface area contributed by atoms with Gasteiger partial charge in [-0.05, 0) is 49.1 Å². The number of sulfonamides is 1. The number of fused-ring (bicyclic) bond motifs is 1. The lowest BCUT2D eigenvalue weighted by atomic mass is 9.94. The fraction of sp³-hybridized carbons (Fsp3) is 0.636. The van der Waals surface area contributed by atoms with Gasteiger partial charge in [0.2, 0.25) is 15.9 Å². The van der Waals surface area contributed by atoms with Crippen LogP contribution in [0.25, 0.3) is 11.1 Å². The van der Waals surface area contributed by atoms with E-state index in [2.05, 4.69) is 20.8 Å². The van der Waals surface area contributed by atoms with Crippen LogP contribution in [-0.4, -0.2) is 54.3 Å². The Labute approximate surface area is 182 Å². The number of carbonyl (C=O) groups excluding carboxylic acids is 1. The van der Waals surface area contributed by atoms with Crippen LogP contribution in [0.4, 0.5) is 0 Å². The number of aromatic nitrogens is 1. The Balaban J connectivity index is 1.58. The maximum Gasteiger partial charge on any atom is 0.420 e. The highest BCUT2D eigenvalue weighted by Gasteiger charge is 2.32. The number of carbonyl (C=O) groups is 1. The molecular formula is C22H31N3O5S. The predicted octanol–water partition coefficient (Wildman–Crippen LogP) is 2.52. The van der Waals surface area contributed by atoms with Gasteiger partial charge in [-0.2, -0.15) is 4.31 Å². The molecule has 170 valence electrons. The van der Waals surface area contributed by atoms with Crippen molar-refractivity contribution in [1.29, 1.82) is 0 Å². The highest BCUT2D eigenvalue weighted by atomic mass is 32.2. The van der Waals surface area contributed by atoms with Crippen LogP contribution in [0.15, 0.2) is 32.3 Å². The van der Waals surface area contributed by atoms with Crippen LogP contribution in [0.3, 0.4) is 0 Å². The number of hydrogen-bond acceptors (Lipinski definition) is 5. The fourth-order valence-electron chi connectivity index (χ4n) is 4.80. The van der Waals surface area contributed by atoms with Crippen molar-refractivity contribution < 1.29 is 17.6 Å². The lowest BCUT2D eigenvalue weighted by Crippen LogP contribution is -2.42. The number of likely N-dealkylation sites (tertiary alicyclic amines) is 1. The van der Waals surface area contributed by atoms with E-state index in [1.807, 2.05) is 0 Å². The first-order valence-electron chi connectivity index (χ1n) is 11.1. The van der Waals surface area contributed by atoms with Crippen molar-refractivity contribution in [3.63, 3.8) is 0 Å². The molecule has 2 aliphatic rings. The van der Waals surface area contributed by atoms with Crippen molar-refractivity contribution in [1.82, 2.24) is 13.8 Å². The van der Waals surface area contributed by atoms with Gasteiger partial charge in [0, 0.05) is 32.2 Å². The maximum atomic E-state index is 13.2. The molecule has 2 atom stereocenters. The molecule has 31 heavy (non-hydrogen) atoms. The summed E-state index contributed by atoms with van der Waals surface area (Å²) in [5.41, 5.74) is 0.618. The van der Waals surface area contributed by atoms with E-state index in [0.717, 1.165) is 19.3 Å². The third-order valence-corrected chi connectivity index (χ3v) is 8.37. The molecule has 1 aromatic heterocycles. The number of benzene rings is 1. The van der Waals surface area contributed by atoms with Crippen LogP contribution >= 0.6 is 0 Å². The summed E-state index contributed by atoms with van der Waals surface area (Å²) >= 11 is 0. The molecule has 4 rings (SSSR count). The summed E-state index contributed by atoms with van der Waals surface area (Å²) < 4.78 is 34.5. The largest absolute Gasteiger partial charge is 0.420 e. The highest BCUT2D eigenvalue weighted by molar-refractivity contribution is 7.89. The molecule has 3 heterocycles. The number of oxazole rings is 1. The van der Waals surface area contributed by atoms with Crippen molar-refractivity contribution in [3.05, 3.63) is 28.7 Å². The van der Waals surface area contributed by atoms with Crippen LogP contribution in [0.2, 0.25) is 0 Å². The average Bonchev–Trinajstić information content (AvgIpc) is 3.02. The molecule has 0 bridgehead atoms. The predicted molar refractivity (Wildman–Crippen MR) is 117 cm³/mol. The summed E-state index contributed by atoms with van der Waals surface area (Å²) in [6, 6.07) is 4.47. The Morgan fingerprint density at radius 3 is 2.35 bits per heavy atom. The van der Waals surface area contributed by atoms with Crippen molar-refractivity contribution in [3.8, 4) is 0 Å². The second-order valence-electron chi connectivity index (χ2n) is 9.42. The van der Waals surface area contributed by atoms with E-state index >= 15 is 0 Å². The molecule has 0 aliphatic carbocycles. The zero-order valence-corrected chi connectivity index (χ0v) is 19.2. The number of rotatable bonds is 4. The van der Waals surface area contributed by atoms with E-state index in [4.69, 9.17) is 4.42 Å². The number of nitrogens with zero attached hydrogens (tertiary/aromatic N) is 3. The quantitative estimate of drug-likeness (QED) is 0.715. The number of amides is 1. The monoisotopic (exact) mass is 449 g/mol. The van der Waals surface area contributed by atoms with Gasteiger partial charge in [-0.15, -0.1) is 0 Å². The van der Waals surface area contributed by atoms with E-state index in [9.17, 15) is 18.0 Å². The summed E-state index contributed by atoms with van der Waals surface area (Å²) in [5, 5.41) is 0. The molecule has 0 N–H and O–H groups in total. The van der Waals surface area contributed by atoms with E-state index < -0.39 is 15.8 Å². The molecule has 0 saturated carbocycles. The third kappa shape index (κ3) is 4.43. The second kappa shape index (κ2) is 8.43. The molecule has 8 nitrogen and oxygen atoms in total. The van der Waals surface area contributed by atoms with Crippen molar-refractivity contribution >= 4 is 27.0 Å². The van der Waals surface area contributed by atoms with Crippen LogP contribution in [0.5, 0.6) is 0 Å². The molecule has 2 aliphatic heterocycles. The average molecular weight is 450 g/mol. The van der Waals surface area contributed by atoms with Gasteiger partial charge in [-0.25, -0.2) is 13.2 Å². The molecule has 0 radical (unpaired) electrons. The Morgan fingerprint density at radius 1 is 1.06 bits per heavy atom. The van der Waals surface area contributed by atoms with Gasteiger partial charge in [-0.3, -0.25) is 9.36 Å². The summed E-state index contributed by atoms with van der Waals surface area (Å²) in [4.78, 5) is 27.0. The minimum absolute atomic E-state index is 0.104. The lowest BCUT2D eigenvalue weighted by Gasteiger charge is -2.34. The van der Waals surface area contributed by atoms with E-state index in [1.165, 1.54) is 21.0 Å². The Hall–Kier alpha value is -2.13. The smallest absolute Gasteiger partial charge is 0.408 e. The van der Waals surface area contributed by atoms with Crippen LogP contribution in [0, 0.1) is 17.8 Å². The van der Waals surface area contributed by atoms with E-state index in [1.54, 1.807) is 11.0 Å². The van der Waals surface area contributed by atoms with Gasteiger partial charge in [0.15, 0.2) is 5.58 Å². The molecule has 0 spiro atoms. The first-order chi connectivity index (χ1) is 14.6. The minimum Gasteiger partial charge on any atom is -0.408 e. The van der Waals surface area contributed by atoms with Crippen molar-refractivity contribution in [2.24, 2.45) is 17.8 Å². The summed E-state index contributed by atoms with van der Waals surface area (Å²) in [6.45, 7) is 8.54. The van der Waals surface area contributed by atoms with Crippen LogP contribution in [0.1, 0.15) is 40.0 Å². The molecular weight excluding hydrogens is 418 g/mol. The van der Waals surface area contributed by atoms with Crippen molar-refractivity contribution in [2.75, 3.05) is 26.2 Å². The van der Waals surface area contributed by atoms with E-state index in [0.29, 0.717) is 49.4 Å². The van der Waals surface area contributed by atoms with Crippen molar-refractivity contribution in [2.45, 2.75) is 51.5 Å². The summed E-state index contributed by atoms with van der Waals surface area (Å²) in [5.74, 6) is 0.427. The Kier molecular flexibility index (Phi) is 6.00.